The molecule has 18 heavy (non-hydrogen) atoms. The molecule has 1 unspecified atom stereocenters. The van der Waals surface area contributed by atoms with Crippen molar-refractivity contribution in [3.63, 3.8) is 0 Å². The molecule has 0 bridgehead atoms. The molecule has 0 saturated carbocycles. The Morgan fingerprint density at radius 3 is 2.78 bits per heavy atom. The number of aryl methyl sites for hydroxylation is 1. The maximum Gasteiger partial charge on any atom is 0.0388 e. The second kappa shape index (κ2) is 5.72. The molecule has 1 atom stereocenters. The van der Waals surface area contributed by atoms with Gasteiger partial charge in [0, 0.05) is 31.4 Å². The van der Waals surface area contributed by atoms with Crippen LogP contribution in [0.1, 0.15) is 24.5 Å². The van der Waals surface area contributed by atoms with Crippen molar-refractivity contribution in [3.8, 4) is 0 Å². The number of nitrogens with zero attached hydrogens (tertiary/aromatic N) is 2. The third-order valence-electron chi connectivity index (χ3n) is 3.92. The Bertz CT molecular complexity index is 403. The van der Waals surface area contributed by atoms with Crippen LogP contribution < -0.4 is 10.6 Å². The van der Waals surface area contributed by atoms with Gasteiger partial charge in [0.1, 0.15) is 0 Å². The third-order valence-corrected chi connectivity index (χ3v) is 3.92. The number of benzene rings is 1. The van der Waals surface area contributed by atoms with E-state index in [4.69, 9.17) is 5.73 Å². The maximum atomic E-state index is 5.73. The molecule has 2 N–H and O–H groups in total. The topological polar surface area (TPSA) is 32.5 Å². The van der Waals surface area contributed by atoms with Crippen LogP contribution in [-0.2, 0) is 6.54 Å². The van der Waals surface area contributed by atoms with Gasteiger partial charge in [-0.05, 0) is 57.1 Å². The van der Waals surface area contributed by atoms with Crippen LogP contribution in [0, 0.1) is 6.92 Å². The van der Waals surface area contributed by atoms with E-state index in [1.807, 2.05) is 0 Å². The van der Waals surface area contributed by atoms with Crippen molar-refractivity contribution < 1.29 is 0 Å². The average Bonchev–Trinajstić information content (AvgIpc) is 2.50. The van der Waals surface area contributed by atoms with Gasteiger partial charge in [-0.25, -0.2) is 0 Å². The Hall–Kier alpha value is -1.06. The minimum absolute atomic E-state index is 0.570. The SMILES string of the molecule is Cc1cc(N2CCCN(C)CC2C)ccc1CN. The first-order chi connectivity index (χ1) is 8.61. The normalized spacial score (nSPS) is 22.0. The van der Waals surface area contributed by atoms with Gasteiger partial charge in [0.2, 0.25) is 0 Å². The van der Waals surface area contributed by atoms with E-state index >= 15 is 0 Å². The Labute approximate surface area is 111 Å². The first kappa shape index (κ1) is 13.4. The quantitative estimate of drug-likeness (QED) is 0.867. The van der Waals surface area contributed by atoms with E-state index in [0.29, 0.717) is 12.6 Å². The van der Waals surface area contributed by atoms with Gasteiger partial charge >= 0.3 is 0 Å². The van der Waals surface area contributed by atoms with Crippen molar-refractivity contribution in [1.82, 2.24) is 4.90 Å². The Kier molecular flexibility index (Phi) is 4.25. The van der Waals surface area contributed by atoms with Gasteiger partial charge in [0.15, 0.2) is 0 Å². The monoisotopic (exact) mass is 247 g/mol. The molecule has 1 saturated heterocycles. The minimum Gasteiger partial charge on any atom is -0.367 e. The van der Waals surface area contributed by atoms with Crippen LogP contribution in [0.15, 0.2) is 18.2 Å². The summed E-state index contributed by atoms with van der Waals surface area (Å²) in [7, 11) is 2.21. The average molecular weight is 247 g/mol. The molecule has 0 spiro atoms. The Balaban J connectivity index is 2.21. The zero-order valence-corrected chi connectivity index (χ0v) is 11.8. The smallest absolute Gasteiger partial charge is 0.0388 e. The molecule has 1 aliphatic heterocycles. The van der Waals surface area contributed by atoms with Gasteiger partial charge in [-0.2, -0.15) is 0 Å². The van der Waals surface area contributed by atoms with Crippen LogP contribution in [-0.4, -0.2) is 37.6 Å². The Morgan fingerprint density at radius 1 is 1.33 bits per heavy atom. The highest BCUT2D eigenvalue weighted by Gasteiger charge is 2.20. The number of hydrogen-bond acceptors (Lipinski definition) is 3. The summed E-state index contributed by atoms with van der Waals surface area (Å²) < 4.78 is 0. The van der Waals surface area contributed by atoms with Crippen molar-refractivity contribution in [1.29, 1.82) is 0 Å². The number of likely N-dealkylation sites (N-methyl/N-ethyl adjacent to an activating group) is 1. The van der Waals surface area contributed by atoms with E-state index in [9.17, 15) is 0 Å². The zero-order valence-electron chi connectivity index (χ0n) is 11.8. The van der Waals surface area contributed by atoms with E-state index in [0.717, 1.165) is 13.1 Å². The first-order valence-corrected chi connectivity index (χ1v) is 6.86. The third kappa shape index (κ3) is 2.85. The van der Waals surface area contributed by atoms with Crippen molar-refractivity contribution in [3.05, 3.63) is 29.3 Å². The van der Waals surface area contributed by atoms with Gasteiger partial charge in [0.05, 0.1) is 0 Å². The molecular formula is C15H25N3. The molecule has 3 heteroatoms. The largest absolute Gasteiger partial charge is 0.367 e. The summed E-state index contributed by atoms with van der Waals surface area (Å²) in [6, 6.07) is 7.24. The predicted molar refractivity (Wildman–Crippen MR) is 78.0 cm³/mol. The van der Waals surface area contributed by atoms with Crippen molar-refractivity contribution >= 4 is 5.69 Å². The standard InChI is InChI=1S/C15H25N3/c1-12-9-15(6-5-14(12)10-16)18-8-4-7-17(3)11-13(18)2/h5-6,9,13H,4,7-8,10-11,16H2,1-3H3. The van der Waals surface area contributed by atoms with Crippen molar-refractivity contribution in [2.24, 2.45) is 5.73 Å². The van der Waals surface area contributed by atoms with Crippen molar-refractivity contribution in [2.75, 3.05) is 31.6 Å². The fourth-order valence-corrected chi connectivity index (χ4v) is 2.84. The van der Waals surface area contributed by atoms with Gasteiger partial charge in [-0.15, -0.1) is 0 Å². The molecule has 0 aliphatic carbocycles. The summed E-state index contributed by atoms with van der Waals surface area (Å²) in [6.07, 6.45) is 1.23. The summed E-state index contributed by atoms with van der Waals surface area (Å²) in [5.41, 5.74) is 9.62. The van der Waals surface area contributed by atoms with Crippen LogP contribution in [0.5, 0.6) is 0 Å². The van der Waals surface area contributed by atoms with Crippen molar-refractivity contribution in [2.45, 2.75) is 32.9 Å². The summed E-state index contributed by atoms with van der Waals surface area (Å²) in [6.45, 7) is 8.57. The van der Waals surface area contributed by atoms with Crippen LogP contribution in [0.3, 0.4) is 0 Å². The molecule has 1 fully saturated rings. The van der Waals surface area contributed by atoms with Gasteiger partial charge in [-0.3, -0.25) is 0 Å². The molecule has 0 aromatic heterocycles. The number of hydrogen-bond donors (Lipinski definition) is 1. The number of rotatable bonds is 2. The highest BCUT2D eigenvalue weighted by molar-refractivity contribution is 5.51. The molecule has 1 aromatic carbocycles. The summed E-state index contributed by atoms with van der Waals surface area (Å²) in [5.74, 6) is 0. The number of anilines is 1. The molecule has 0 amide bonds. The molecule has 1 aliphatic rings. The molecular weight excluding hydrogens is 222 g/mol. The lowest BCUT2D eigenvalue weighted by Gasteiger charge is -2.30. The van der Waals surface area contributed by atoms with E-state index < -0.39 is 0 Å². The van der Waals surface area contributed by atoms with Gasteiger partial charge < -0.3 is 15.5 Å². The van der Waals surface area contributed by atoms with Crippen LogP contribution in [0.25, 0.3) is 0 Å². The lowest BCUT2D eigenvalue weighted by atomic mass is 10.1. The van der Waals surface area contributed by atoms with E-state index in [1.165, 1.54) is 29.8 Å². The van der Waals surface area contributed by atoms with Crippen LogP contribution in [0.2, 0.25) is 0 Å². The Morgan fingerprint density at radius 2 is 2.11 bits per heavy atom. The lowest BCUT2D eigenvalue weighted by molar-refractivity contribution is 0.337. The molecule has 0 radical (unpaired) electrons. The maximum absolute atomic E-state index is 5.73. The first-order valence-electron chi connectivity index (χ1n) is 6.86. The molecule has 2 rings (SSSR count). The summed E-state index contributed by atoms with van der Waals surface area (Å²) >= 11 is 0. The predicted octanol–water partition coefficient (Wildman–Crippen LogP) is 1.98. The van der Waals surface area contributed by atoms with E-state index in [1.54, 1.807) is 0 Å². The lowest BCUT2D eigenvalue weighted by Crippen LogP contribution is -2.37. The fraction of sp³-hybridized carbons (Fsp3) is 0.600. The van der Waals surface area contributed by atoms with Gasteiger partial charge in [0.25, 0.3) is 0 Å². The van der Waals surface area contributed by atoms with Crippen LogP contribution >= 0.6 is 0 Å². The molecule has 1 heterocycles. The highest BCUT2D eigenvalue weighted by atomic mass is 15.2. The van der Waals surface area contributed by atoms with E-state index in [-0.39, 0.29) is 0 Å². The zero-order chi connectivity index (χ0) is 13.1. The molecule has 1 aromatic rings. The molecule has 3 nitrogen and oxygen atoms in total. The summed E-state index contributed by atoms with van der Waals surface area (Å²) in [4.78, 5) is 4.95. The second-order valence-corrected chi connectivity index (χ2v) is 5.47. The molecule has 100 valence electrons. The highest BCUT2D eigenvalue weighted by Crippen LogP contribution is 2.23. The van der Waals surface area contributed by atoms with E-state index in [2.05, 4.69) is 48.9 Å². The summed E-state index contributed by atoms with van der Waals surface area (Å²) in [5, 5.41) is 0. The second-order valence-electron chi connectivity index (χ2n) is 5.47. The van der Waals surface area contributed by atoms with Crippen LogP contribution in [0.4, 0.5) is 5.69 Å². The van der Waals surface area contributed by atoms with Gasteiger partial charge in [-0.1, -0.05) is 6.07 Å². The fourth-order valence-electron chi connectivity index (χ4n) is 2.84. The number of nitrogens with two attached hydrogens (primary N) is 1. The minimum atomic E-state index is 0.570.